The minimum absolute atomic E-state index is 0.0579. The lowest BCUT2D eigenvalue weighted by molar-refractivity contribution is 0.0769. The zero-order valence-corrected chi connectivity index (χ0v) is 17.9. The van der Waals surface area contributed by atoms with Crippen molar-refractivity contribution >= 4 is 0 Å². The molecule has 0 bridgehead atoms. The minimum atomic E-state index is -0.232. The molecule has 32 heavy (non-hydrogen) atoms. The molecule has 0 amide bonds. The SMILES string of the molecule is CCOc1ncc(-c2nc(-c3ccc4c(c3)CCN(C(CO)CO)CC4)no2)cc1C#N. The summed E-state index contributed by atoms with van der Waals surface area (Å²) in [5.74, 6) is 1.02. The second-order valence-corrected chi connectivity index (χ2v) is 7.58. The molecule has 3 heterocycles. The maximum Gasteiger partial charge on any atom is 0.259 e. The predicted molar refractivity (Wildman–Crippen MR) is 116 cm³/mol. The van der Waals surface area contributed by atoms with E-state index in [1.807, 2.05) is 13.0 Å². The van der Waals surface area contributed by atoms with Crippen molar-refractivity contribution in [2.24, 2.45) is 0 Å². The van der Waals surface area contributed by atoms with E-state index in [0.29, 0.717) is 23.6 Å². The van der Waals surface area contributed by atoms with Crippen molar-refractivity contribution in [1.29, 1.82) is 5.26 Å². The van der Waals surface area contributed by atoms with Gasteiger partial charge in [0.05, 0.1) is 31.4 Å². The molecule has 0 aliphatic carbocycles. The predicted octanol–water partition coefficient (Wildman–Crippen LogP) is 1.82. The molecular weight excluding hydrogens is 410 g/mol. The van der Waals surface area contributed by atoms with Gasteiger partial charge in [0.1, 0.15) is 11.6 Å². The summed E-state index contributed by atoms with van der Waals surface area (Å²) < 4.78 is 10.8. The van der Waals surface area contributed by atoms with Crippen LogP contribution < -0.4 is 4.74 Å². The number of benzene rings is 1. The largest absolute Gasteiger partial charge is 0.477 e. The highest BCUT2D eigenvalue weighted by molar-refractivity contribution is 5.62. The first-order chi connectivity index (χ1) is 15.7. The van der Waals surface area contributed by atoms with Crippen LogP contribution in [-0.2, 0) is 12.8 Å². The van der Waals surface area contributed by atoms with E-state index in [2.05, 4.69) is 38.2 Å². The maximum absolute atomic E-state index is 9.49. The smallest absolute Gasteiger partial charge is 0.259 e. The highest BCUT2D eigenvalue weighted by Gasteiger charge is 2.21. The number of nitriles is 1. The second kappa shape index (κ2) is 9.87. The Balaban J connectivity index is 1.56. The van der Waals surface area contributed by atoms with Crippen LogP contribution in [0.2, 0.25) is 0 Å². The van der Waals surface area contributed by atoms with E-state index in [1.165, 1.54) is 11.1 Å². The molecule has 0 saturated heterocycles. The molecule has 0 atom stereocenters. The fraction of sp³-hybridized carbons (Fsp3) is 0.391. The van der Waals surface area contributed by atoms with Crippen LogP contribution in [0.15, 0.2) is 35.0 Å². The van der Waals surface area contributed by atoms with Gasteiger partial charge in [0.15, 0.2) is 0 Å². The Morgan fingerprint density at radius 2 is 1.94 bits per heavy atom. The number of rotatable bonds is 7. The molecule has 2 aromatic heterocycles. The zero-order chi connectivity index (χ0) is 22.5. The first kappa shape index (κ1) is 21.9. The molecule has 9 nitrogen and oxygen atoms in total. The number of hydrogen-bond acceptors (Lipinski definition) is 9. The van der Waals surface area contributed by atoms with Crippen molar-refractivity contribution in [2.45, 2.75) is 25.8 Å². The topological polar surface area (TPSA) is 129 Å². The highest BCUT2D eigenvalue weighted by atomic mass is 16.5. The van der Waals surface area contributed by atoms with E-state index < -0.39 is 0 Å². The van der Waals surface area contributed by atoms with E-state index in [-0.39, 0.29) is 31.0 Å². The number of pyridine rings is 1. The van der Waals surface area contributed by atoms with Gasteiger partial charge in [0.25, 0.3) is 5.89 Å². The Kier molecular flexibility index (Phi) is 6.75. The summed E-state index contributed by atoms with van der Waals surface area (Å²) in [5, 5.41) is 32.5. The van der Waals surface area contributed by atoms with E-state index in [4.69, 9.17) is 9.26 Å². The molecule has 1 aliphatic rings. The molecule has 0 unspecified atom stereocenters. The van der Waals surface area contributed by atoms with Crippen molar-refractivity contribution in [3.63, 3.8) is 0 Å². The number of nitrogens with zero attached hydrogens (tertiary/aromatic N) is 5. The molecular formula is C23H25N5O4. The Bertz CT molecular complexity index is 1120. The Morgan fingerprint density at radius 1 is 1.16 bits per heavy atom. The average molecular weight is 435 g/mol. The van der Waals surface area contributed by atoms with E-state index in [0.717, 1.165) is 31.5 Å². The molecule has 4 rings (SSSR count). The van der Waals surface area contributed by atoms with Crippen molar-refractivity contribution in [3.05, 3.63) is 47.2 Å². The van der Waals surface area contributed by atoms with Crippen LogP contribution in [0.25, 0.3) is 22.8 Å². The van der Waals surface area contributed by atoms with Crippen LogP contribution in [0.4, 0.5) is 0 Å². The summed E-state index contributed by atoms with van der Waals surface area (Å²) in [6.45, 7) is 3.68. The summed E-state index contributed by atoms with van der Waals surface area (Å²) >= 11 is 0. The van der Waals surface area contributed by atoms with Gasteiger partial charge in [-0.2, -0.15) is 10.2 Å². The van der Waals surface area contributed by atoms with Gasteiger partial charge in [-0.25, -0.2) is 4.98 Å². The maximum atomic E-state index is 9.49. The van der Waals surface area contributed by atoms with Crippen LogP contribution in [0.1, 0.15) is 23.6 Å². The van der Waals surface area contributed by atoms with Crippen LogP contribution in [0, 0.1) is 11.3 Å². The molecule has 9 heteroatoms. The van der Waals surface area contributed by atoms with Crippen molar-refractivity contribution < 1.29 is 19.5 Å². The third-order valence-corrected chi connectivity index (χ3v) is 5.66. The minimum Gasteiger partial charge on any atom is -0.477 e. The Morgan fingerprint density at radius 3 is 2.66 bits per heavy atom. The summed E-state index contributed by atoms with van der Waals surface area (Å²) in [5.41, 5.74) is 4.13. The Hall–Kier alpha value is -3.32. The van der Waals surface area contributed by atoms with Crippen molar-refractivity contribution in [2.75, 3.05) is 32.9 Å². The fourth-order valence-corrected chi connectivity index (χ4v) is 3.89. The highest BCUT2D eigenvalue weighted by Crippen LogP contribution is 2.27. The monoisotopic (exact) mass is 435 g/mol. The number of ether oxygens (including phenoxy) is 1. The lowest BCUT2D eigenvalue weighted by Gasteiger charge is -2.27. The van der Waals surface area contributed by atoms with Gasteiger partial charge in [0.2, 0.25) is 11.7 Å². The summed E-state index contributed by atoms with van der Waals surface area (Å²) in [6.07, 6.45) is 3.20. The quantitative estimate of drug-likeness (QED) is 0.571. The number of aliphatic hydroxyl groups is 2. The van der Waals surface area contributed by atoms with Crippen LogP contribution in [0.5, 0.6) is 5.88 Å². The van der Waals surface area contributed by atoms with Crippen LogP contribution in [0.3, 0.4) is 0 Å². The van der Waals surface area contributed by atoms with Gasteiger partial charge in [-0.15, -0.1) is 0 Å². The summed E-state index contributed by atoms with van der Waals surface area (Å²) in [4.78, 5) is 10.8. The van der Waals surface area contributed by atoms with Crippen molar-refractivity contribution in [1.82, 2.24) is 20.0 Å². The van der Waals surface area contributed by atoms with E-state index >= 15 is 0 Å². The normalized spacial score (nSPS) is 14.1. The molecule has 166 valence electrons. The molecule has 2 N–H and O–H groups in total. The Labute approximate surface area is 185 Å². The first-order valence-corrected chi connectivity index (χ1v) is 10.6. The van der Waals surface area contributed by atoms with Crippen molar-refractivity contribution in [3.8, 4) is 34.8 Å². The third kappa shape index (κ3) is 4.48. The number of hydrogen-bond donors (Lipinski definition) is 2. The van der Waals surface area contributed by atoms with Gasteiger partial charge >= 0.3 is 0 Å². The van der Waals surface area contributed by atoms with Crippen LogP contribution >= 0.6 is 0 Å². The molecule has 0 saturated carbocycles. The summed E-state index contributed by atoms with van der Waals surface area (Å²) in [6, 6.07) is 9.58. The van der Waals surface area contributed by atoms with Gasteiger partial charge in [-0.1, -0.05) is 17.3 Å². The van der Waals surface area contributed by atoms with Crippen LogP contribution in [-0.4, -0.2) is 69.2 Å². The average Bonchev–Trinajstić information content (AvgIpc) is 3.23. The molecule has 0 fully saturated rings. The lowest BCUT2D eigenvalue weighted by Crippen LogP contribution is -2.42. The molecule has 3 aromatic rings. The molecule has 1 aromatic carbocycles. The fourth-order valence-electron chi connectivity index (χ4n) is 3.89. The number of fused-ring (bicyclic) bond motifs is 1. The first-order valence-electron chi connectivity index (χ1n) is 10.6. The standard InChI is InChI=1S/C23H25N5O4/c1-2-31-22-18(11-24)10-19(12-25-22)23-26-21(27-32-23)17-4-3-15-5-7-28(20(13-29)14-30)8-6-16(15)9-17/h3-4,9-10,12,20,29-30H,2,5-8,13-14H2,1H3. The summed E-state index contributed by atoms with van der Waals surface area (Å²) in [7, 11) is 0. The molecule has 1 aliphatic heterocycles. The van der Waals surface area contributed by atoms with Gasteiger partial charge in [-0.05, 0) is 43.0 Å². The molecule has 0 radical (unpaired) electrons. The number of aromatic nitrogens is 3. The second-order valence-electron chi connectivity index (χ2n) is 7.58. The van der Waals surface area contributed by atoms with Gasteiger partial charge < -0.3 is 19.5 Å². The van der Waals surface area contributed by atoms with E-state index in [9.17, 15) is 15.5 Å². The number of aliphatic hydroxyl groups excluding tert-OH is 2. The lowest BCUT2D eigenvalue weighted by atomic mass is 10.00. The third-order valence-electron chi connectivity index (χ3n) is 5.66. The molecule has 0 spiro atoms. The zero-order valence-electron chi connectivity index (χ0n) is 17.9. The van der Waals surface area contributed by atoms with E-state index in [1.54, 1.807) is 12.3 Å². The van der Waals surface area contributed by atoms with Gasteiger partial charge in [0, 0.05) is 24.8 Å². The van der Waals surface area contributed by atoms with Gasteiger partial charge in [-0.3, -0.25) is 4.90 Å².